The van der Waals surface area contributed by atoms with Gasteiger partial charge in [-0.25, -0.2) is 0 Å². The van der Waals surface area contributed by atoms with Gasteiger partial charge in [0.2, 0.25) is 5.91 Å². The molecular formula is C23H26N2O3S. The molecule has 2 heterocycles. The zero-order valence-corrected chi connectivity index (χ0v) is 17.4. The number of benzene rings is 1. The van der Waals surface area contributed by atoms with Crippen molar-refractivity contribution in [1.82, 2.24) is 9.80 Å². The lowest BCUT2D eigenvalue weighted by Crippen LogP contribution is -2.42. The summed E-state index contributed by atoms with van der Waals surface area (Å²) < 4.78 is 5.26. The minimum absolute atomic E-state index is 0.0394. The van der Waals surface area contributed by atoms with Gasteiger partial charge in [0.05, 0.1) is 12.8 Å². The molecule has 1 aromatic carbocycles. The van der Waals surface area contributed by atoms with Crippen LogP contribution in [0.2, 0.25) is 0 Å². The Labute approximate surface area is 175 Å². The summed E-state index contributed by atoms with van der Waals surface area (Å²) in [6.45, 7) is 3.67. The van der Waals surface area contributed by atoms with Crippen LogP contribution in [0.3, 0.4) is 0 Å². The molecule has 3 rings (SSSR count). The molecule has 5 nitrogen and oxygen atoms in total. The Balaban J connectivity index is 1.75. The number of rotatable bonds is 10. The molecule has 0 radical (unpaired) electrons. The Morgan fingerprint density at radius 3 is 2.45 bits per heavy atom. The highest BCUT2D eigenvalue weighted by atomic mass is 32.1. The lowest BCUT2D eigenvalue weighted by Gasteiger charge is -2.27. The highest BCUT2D eigenvalue weighted by Crippen LogP contribution is 2.16. The van der Waals surface area contributed by atoms with Crippen molar-refractivity contribution < 1.29 is 14.0 Å². The molecule has 29 heavy (non-hydrogen) atoms. The first-order valence-corrected chi connectivity index (χ1v) is 10.7. The zero-order chi connectivity index (χ0) is 20.5. The van der Waals surface area contributed by atoms with E-state index >= 15 is 0 Å². The van der Waals surface area contributed by atoms with Crippen LogP contribution in [0.1, 0.15) is 40.8 Å². The summed E-state index contributed by atoms with van der Waals surface area (Å²) in [4.78, 5) is 30.6. The quantitative estimate of drug-likeness (QED) is 0.482. The summed E-state index contributed by atoms with van der Waals surface area (Å²) >= 11 is 1.63. The number of carbonyl (C=O) groups is 2. The number of thiophene rings is 1. The normalized spacial score (nSPS) is 10.7. The van der Waals surface area contributed by atoms with Crippen LogP contribution in [0, 0.1) is 0 Å². The number of furan rings is 1. The maximum Gasteiger partial charge on any atom is 0.290 e. The minimum atomic E-state index is -0.243. The molecule has 0 aliphatic heterocycles. The summed E-state index contributed by atoms with van der Waals surface area (Å²) in [7, 11) is 0. The molecule has 3 aromatic rings. The van der Waals surface area contributed by atoms with E-state index in [1.165, 1.54) is 6.26 Å². The molecule has 0 spiro atoms. The zero-order valence-electron chi connectivity index (χ0n) is 16.6. The largest absolute Gasteiger partial charge is 0.459 e. The standard InChI is InChI=1S/C23H26N2O3S/c1-2-3-13-24(23(27)21-12-7-14-28-21)18-22(26)25(17-20-11-8-15-29-20)16-19-9-5-4-6-10-19/h4-12,14-15H,2-3,13,16-18H2,1H3. The molecule has 0 atom stereocenters. The Morgan fingerprint density at radius 2 is 1.79 bits per heavy atom. The van der Waals surface area contributed by atoms with Gasteiger partial charge in [-0.15, -0.1) is 11.3 Å². The van der Waals surface area contributed by atoms with Crippen LogP contribution >= 0.6 is 11.3 Å². The Kier molecular flexibility index (Phi) is 7.64. The van der Waals surface area contributed by atoms with Crippen molar-refractivity contribution in [2.75, 3.05) is 13.1 Å². The fourth-order valence-corrected chi connectivity index (χ4v) is 3.77. The van der Waals surface area contributed by atoms with E-state index < -0.39 is 0 Å². The monoisotopic (exact) mass is 410 g/mol. The van der Waals surface area contributed by atoms with Crippen LogP contribution in [0.15, 0.2) is 70.7 Å². The van der Waals surface area contributed by atoms with Crippen LogP contribution in [0.4, 0.5) is 0 Å². The van der Waals surface area contributed by atoms with Gasteiger partial charge >= 0.3 is 0 Å². The van der Waals surface area contributed by atoms with Crippen LogP contribution in [0.25, 0.3) is 0 Å². The average molecular weight is 411 g/mol. The number of nitrogens with zero attached hydrogens (tertiary/aromatic N) is 2. The second-order valence-electron chi connectivity index (χ2n) is 6.87. The highest BCUT2D eigenvalue weighted by molar-refractivity contribution is 7.09. The topological polar surface area (TPSA) is 53.8 Å². The molecule has 2 aromatic heterocycles. The van der Waals surface area contributed by atoms with Gasteiger partial charge in [-0.2, -0.15) is 0 Å². The molecule has 0 bridgehead atoms. The first-order valence-electron chi connectivity index (χ1n) is 9.84. The fraction of sp³-hybridized carbons (Fsp3) is 0.304. The molecule has 0 aliphatic rings. The molecule has 0 fully saturated rings. The van der Waals surface area contributed by atoms with E-state index in [0.29, 0.717) is 19.6 Å². The average Bonchev–Trinajstić information content (AvgIpc) is 3.45. The van der Waals surface area contributed by atoms with Gasteiger partial charge in [-0.3, -0.25) is 9.59 Å². The predicted molar refractivity (Wildman–Crippen MR) is 115 cm³/mol. The number of hydrogen-bond acceptors (Lipinski definition) is 4. The van der Waals surface area contributed by atoms with Crippen molar-refractivity contribution in [1.29, 1.82) is 0 Å². The van der Waals surface area contributed by atoms with Crippen molar-refractivity contribution in [3.05, 3.63) is 82.4 Å². The lowest BCUT2D eigenvalue weighted by atomic mass is 10.2. The SMILES string of the molecule is CCCCN(CC(=O)N(Cc1ccccc1)Cc1cccs1)C(=O)c1ccco1. The predicted octanol–water partition coefficient (Wildman–Crippen LogP) is 4.81. The van der Waals surface area contributed by atoms with E-state index in [4.69, 9.17) is 4.42 Å². The van der Waals surface area contributed by atoms with Crippen LogP contribution in [-0.2, 0) is 17.9 Å². The van der Waals surface area contributed by atoms with Crippen LogP contribution in [-0.4, -0.2) is 34.7 Å². The third kappa shape index (κ3) is 6.06. The van der Waals surface area contributed by atoms with Crippen LogP contribution < -0.4 is 0 Å². The molecule has 0 saturated carbocycles. The maximum atomic E-state index is 13.2. The van der Waals surface area contributed by atoms with E-state index in [1.807, 2.05) is 52.7 Å². The molecule has 2 amide bonds. The number of unbranched alkanes of at least 4 members (excludes halogenated alkanes) is 1. The fourth-order valence-electron chi connectivity index (χ4n) is 3.05. The van der Waals surface area contributed by atoms with Gasteiger partial charge in [0.25, 0.3) is 5.91 Å². The Morgan fingerprint density at radius 1 is 0.966 bits per heavy atom. The van der Waals surface area contributed by atoms with E-state index in [-0.39, 0.29) is 24.1 Å². The minimum Gasteiger partial charge on any atom is -0.459 e. The van der Waals surface area contributed by atoms with E-state index in [0.717, 1.165) is 23.3 Å². The second kappa shape index (κ2) is 10.6. The molecule has 0 saturated heterocycles. The summed E-state index contributed by atoms with van der Waals surface area (Å²) in [6, 6.07) is 17.3. The Hall–Kier alpha value is -2.86. The van der Waals surface area contributed by atoms with E-state index in [1.54, 1.807) is 28.4 Å². The third-order valence-electron chi connectivity index (χ3n) is 4.62. The van der Waals surface area contributed by atoms with Crippen molar-refractivity contribution in [3.63, 3.8) is 0 Å². The molecule has 6 heteroatoms. The van der Waals surface area contributed by atoms with Gasteiger partial charge in [-0.05, 0) is 35.6 Å². The van der Waals surface area contributed by atoms with Crippen molar-refractivity contribution >= 4 is 23.2 Å². The summed E-state index contributed by atoms with van der Waals surface area (Å²) in [5, 5.41) is 2.01. The molecule has 0 aliphatic carbocycles. The third-order valence-corrected chi connectivity index (χ3v) is 5.48. The summed E-state index contributed by atoms with van der Waals surface area (Å²) in [5.41, 5.74) is 1.06. The van der Waals surface area contributed by atoms with Crippen molar-refractivity contribution in [3.8, 4) is 0 Å². The van der Waals surface area contributed by atoms with E-state index in [9.17, 15) is 9.59 Å². The highest BCUT2D eigenvalue weighted by Gasteiger charge is 2.24. The summed E-state index contributed by atoms with van der Waals surface area (Å²) in [5.74, 6) is -0.0485. The molecule has 0 unspecified atom stereocenters. The van der Waals surface area contributed by atoms with Crippen molar-refractivity contribution in [2.24, 2.45) is 0 Å². The first-order chi connectivity index (χ1) is 14.2. The molecule has 152 valence electrons. The van der Waals surface area contributed by atoms with Gasteiger partial charge in [-0.1, -0.05) is 49.7 Å². The van der Waals surface area contributed by atoms with Gasteiger partial charge in [0.1, 0.15) is 6.54 Å². The van der Waals surface area contributed by atoms with Crippen LogP contribution in [0.5, 0.6) is 0 Å². The smallest absolute Gasteiger partial charge is 0.290 e. The number of hydrogen-bond donors (Lipinski definition) is 0. The van der Waals surface area contributed by atoms with Gasteiger partial charge in [0.15, 0.2) is 5.76 Å². The number of carbonyl (C=O) groups excluding carboxylic acids is 2. The second-order valence-corrected chi connectivity index (χ2v) is 7.90. The van der Waals surface area contributed by atoms with Gasteiger partial charge in [0, 0.05) is 18.0 Å². The van der Waals surface area contributed by atoms with E-state index in [2.05, 4.69) is 6.92 Å². The maximum absolute atomic E-state index is 13.2. The first kappa shape index (κ1) is 20.9. The Bertz CT molecular complexity index is 876. The van der Waals surface area contributed by atoms with Crippen molar-refractivity contribution in [2.45, 2.75) is 32.9 Å². The molecule has 0 N–H and O–H groups in total. The van der Waals surface area contributed by atoms with Gasteiger partial charge < -0.3 is 14.2 Å². The lowest BCUT2D eigenvalue weighted by molar-refractivity contribution is -0.133. The number of amides is 2. The molecular weight excluding hydrogens is 384 g/mol. The summed E-state index contributed by atoms with van der Waals surface area (Å²) in [6.07, 6.45) is 3.26.